The third-order valence-electron chi connectivity index (χ3n) is 5.02. The maximum absolute atomic E-state index is 12.8. The van der Waals surface area contributed by atoms with E-state index in [9.17, 15) is 23.3 Å². The maximum atomic E-state index is 12.8. The Kier molecular flexibility index (Phi) is 4.97. The highest BCUT2D eigenvalue weighted by Crippen LogP contribution is 2.25. The van der Waals surface area contributed by atoms with Gasteiger partial charge in [0.2, 0.25) is 15.7 Å². The molecule has 0 N–H and O–H groups in total. The van der Waals surface area contributed by atoms with Crippen LogP contribution in [-0.4, -0.2) is 74.2 Å². The van der Waals surface area contributed by atoms with Crippen LogP contribution in [0.25, 0.3) is 0 Å². The second-order valence-electron chi connectivity index (χ2n) is 6.58. The number of amides is 1. The fourth-order valence-electron chi connectivity index (χ4n) is 3.11. The predicted octanol–water partition coefficient (Wildman–Crippen LogP) is -0.175. The van der Waals surface area contributed by atoms with Gasteiger partial charge >= 0.3 is 5.69 Å². The van der Waals surface area contributed by atoms with Gasteiger partial charge in [-0.1, -0.05) is 0 Å². The van der Waals surface area contributed by atoms with Crippen molar-refractivity contribution in [3.63, 3.8) is 0 Å². The first-order valence-electron chi connectivity index (χ1n) is 8.51. The zero-order chi connectivity index (χ0) is 20.8. The van der Waals surface area contributed by atoms with Gasteiger partial charge in [-0.3, -0.25) is 24.3 Å². The Hall–Kier alpha value is -2.80. The van der Waals surface area contributed by atoms with Gasteiger partial charge in [0.15, 0.2) is 0 Å². The van der Waals surface area contributed by atoms with Crippen molar-refractivity contribution >= 4 is 21.6 Å². The van der Waals surface area contributed by atoms with E-state index in [0.29, 0.717) is 5.69 Å². The molecule has 28 heavy (non-hydrogen) atoms. The zero-order valence-electron chi connectivity index (χ0n) is 16.0. The Morgan fingerprint density at radius 3 is 2.21 bits per heavy atom. The molecule has 0 unspecified atom stereocenters. The first kappa shape index (κ1) is 19.9. The SMILES string of the molecule is Cc1c(S(=O)(=O)N2CCN(C(=O)c3nn(C)c(C)c3[N+](=O)[O-])CC2)cnn1C. The van der Waals surface area contributed by atoms with Gasteiger partial charge in [0, 0.05) is 40.3 Å². The summed E-state index contributed by atoms with van der Waals surface area (Å²) in [5.74, 6) is -0.579. The lowest BCUT2D eigenvalue weighted by atomic mass is 10.2. The summed E-state index contributed by atoms with van der Waals surface area (Å²) in [5.41, 5.74) is 0.248. The van der Waals surface area contributed by atoms with Gasteiger partial charge in [-0.2, -0.15) is 14.5 Å². The Balaban J connectivity index is 1.77. The highest BCUT2D eigenvalue weighted by Gasteiger charge is 2.36. The number of nitrogens with zero attached hydrogens (tertiary/aromatic N) is 7. The van der Waals surface area contributed by atoms with E-state index in [-0.39, 0.29) is 48.1 Å². The van der Waals surface area contributed by atoms with Gasteiger partial charge in [-0.05, 0) is 13.8 Å². The van der Waals surface area contributed by atoms with Crippen LogP contribution in [0.5, 0.6) is 0 Å². The van der Waals surface area contributed by atoms with E-state index in [4.69, 9.17) is 0 Å². The van der Waals surface area contributed by atoms with Crippen LogP contribution in [0, 0.1) is 24.0 Å². The third-order valence-corrected chi connectivity index (χ3v) is 7.02. The minimum atomic E-state index is -3.73. The highest BCUT2D eigenvalue weighted by molar-refractivity contribution is 7.89. The van der Waals surface area contributed by atoms with Gasteiger partial charge < -0.3 is 4.90 Å². The molecule has 1 aliphatic rings. The van der Waals surface area contributed by atoms with E-state index in [2.05, 4.69) is 10.2 Å². The van der Waals surface area contributed by atoms with Crippen molar-refractivity contribution in [2.75, 3.05) is 26.2 Å². The molecule has 1 fully saturated rings. The van der Waals surface area contributed by atoms with Crippen LogP contribution in [0.4, 0.5) is 5.69 Å². The largest absolute Gasteiger partial charge is 0.334 e. The number of carbonyl (C=O) groups excluding carboxylic acids is 1. The molecule has 0 bridgehead atoms. The maximum Gasteiger partial charge on any atom is 0.322 e. The highest BCUT2D eigenvalue weighted by atomic mass is 32.2. The molecule has 0 atom stereocenters. The third kappa shape index (κ3) is 3.16. The molecule has 0 radical (unpaired) electrons. The average Bonchev–Trinajstić information content (AvgIpc) is 3.14. The second-order valence-corrected chi connectivity index (χ2v) is 8.48. The lowest BCUT2D eigenvalue weighted by Crippen LogP contribution is -2.50. The molecule has 0 spiro atoms. The van der Waals surface area contributed by atoms with Crippen molar-refractivity contribution in [2.24, 2.45) is 14.1 Å². The van der Waals surface area contributed by atoms with Gasteiger partial charge in [-0.25, -0.2) is 8.42 Å². The minimum Gasteiger partial charge on any atom is -0.334 e. The van der Waals surface area contributed by atoms with Crippen LogP contribution in [-0.2, 0) is 24.1 Å². The Bertz CT molecular complexity index is 1050. The normalized spacial score (nSPS) is 15.8. The van der Waals surface area contributed by atoms with E-state index in [1.54, 1.807) is 14.0 Å². The van der Waals surface area contributed by atoms with E-state index >= 15 is 0 Å². The molecule has 2 aromatic rings. The molecule has 13 heteroatoms. The Morgan fingerprint density at radius 2 is 1.71 bits per heavy atom. The topological polar surface area (TPSA) is 136 Å². The molecule has 12 nitrogen and oxygen atoms in total. The molecule has 0 saturated carbocycles. The molecule has 1 amide bonds. The summed E-state index contributed by atoms with van der Waals surface area (Å²) in [6.45, 7) is 3.59. The van der Waals surface area contributed by atoms with Crippen molar-refractivity contribution in [1.29, 1.82) is 0 Å². The fraction of sp³-hybridized carbons (Fsp3) is 0.533. The van der Waals surface area contributed by atoms with Crippen LogP contribution in [0.1, 0.15) is 21.9 Å². The molecule has 152 valence electrons. The monoisotopic (exact) mass is 411 g/mol. The lowest BCUT2D eigenvalue weighted by Gasteiger charge is -2.33. The molecular formula is C15H21N7O5S. The number of sulfonamides is 1. The van der Waals surface area contributed by atoms with Crippen molar-refractivity contribution in [3.8, 4) is 0 Å². The smallest absolute Gasteiger partial charge is 0.322 e. The molecule has 3 rings (SSSR count). The van der Waals surface area contributed by atoms with Gasteiger partial charge in [0.25, 0.3) is 5.91 Å². The molecule has 0 aromatic carbocycles. The number of rotatable bonds is 4. The first-order valence-corrected chi connectivity index (χ1v) is 9.95. The van der Waals surface area contributed by atoms with Crippen molar-refractivity contribution < 1.29 is 18.1 Å². The first-order chi connectivity index (χ1) is 13.1. The predicted molar refractivity (Wildman–Crippen MR) is 97.2 cm³/mol. The van der Waals surface area contributed by atoms with Crippen molar-refractivity contribution in [1.82, 2.24) is 28.8 Å². The van der Waals surface area contributed by atoms with Crippen molar-refractivity contribution in [3.05, 3.63) is 33.4 Å². The fourth-order valence-corrected chi connectivity index (χ4v) is 4.72. The van der Waals surface area contributed by atoms with Crippen LogP contribution in [0.2, 0.25) is 0 Å². The van der Waals surface area contributed by atoms with Gasteiger partial charge in [0.1, 0.15) is 10.6 Å². The average molecular weight is 411 g/mol. The van der Waals surface area contributed by atoms with E-state index in [1.807, 2.05) is 0 Å². The van der Waals surface area contributed by atoms with Crippen molar-refractivity contribution in [2.45, 2.75) is 18.7 Å². The summed E-state index contributed by atoms with van der Waals surface area (Å²) >= 11 is 0. The second kappa shape index (κ2) is 6.98. The van der Waals surface area contributed by atoms with E-state index in [0.717, 1.165) is 0 Å². The van der Waals surface area contributed by atoms with E-state index in [1.165, 1.54) is 38.7 Å². The standard InChI is InChI=1S/C15H21N7O5S/c1-10-12(9-16-18(10)3)28(26,27)21-7-5-20(6-8-21)15(23)13-14(22(24)25)11(2)19(4)17-13/h9H,5-8H2,1-4H3. The number of aryl methyl sites for hydroxylation is 2. The van der Waals surface area contributed by atoms with Crippen LogP contribution < -0.4 is 0 Å². The summed E-state index contributed by atoms with van der Waals surface area (Å²) in [7, 11) is -0.539. The summed E-state index contributed by atoms with van der Waals surface area (Å²) < 4.78 is 29.7. The van der Waals surface area contributed by atoms with Gasteiger partial charge in [-0.15, -0.1) is 0 Å². The zero-order valence-corrected chi connectivity index (χ0v) is 16.8. The lowest BCUT2D eigenvalue weighted by molar-refractivity contribution is -0.385. The summed E-state index contributed by atoms with van der Waals surface area (Å²) in [5, 5.41) is 19.2. The Labute approximate surface area is 161 Å². The van der Waals surface area contributed by atoms with Crippen LogP contribution >= 0.6 is 0 Å². The summed E-state index contributed by atoms with van der Waals surface area (Å²) in [4.78, 5) is 24.9. The molecule has 3 heterocycles. The number of hydrogen-bond donors (Lipinski definition) is 0. The number of piperazine rings is 1. The van der Waals surface area contributed by atoms with E-state index < -0.39 is 20.9 Å². The molecule has 1 aliphatic heterocycles. The number of hydrogen-bond acceptors (Lipinski definition) is 7. The number of carbonyl (C=O) groups is 1. The Morgan fingerprint density at radius 1 is 1.11 bits per heavy atom. The molecule has 0 aliphatic carbocycles. The molecular weight excluding hydrogens is 390 g/mol. The molecule has 1 saturated heterocycles. The number of nitro groups is 1. The number of aromatic nitrogens is 4. The van der Waals surface area contributed by atoms with Gasteiger partial charge in [0.05, 0.1) is 16.8 Å². The summed E-state index contributed by atoms with van der Waals surface area (Å²) in [6.07, 6.45) is 1.31. The minimum absolute atomic E-state index is 0.0853. The quantitative estimate of drug-likeness (QED) is 0.503. The molecule has 2 aromatic heterocycles. The van der Waals surface area contributed by atoms with Crippen LogP contribution in [0.15, 0.2) is 11.1 Å². The summed E-state index contributed by atoms with van der Waals surface area (Å²) in [6, 6.07) is 0. The van der Waals surface area contributed by atoms with Crippen LogP contribution in [0.3, 0.4) is 0 Å².